The zero-order chi connectivity index (χ0) is 15.1. The highest BCUT2D eigenvalue weighted by molar-refractivity contribution is 6.36. The first-order chi connectivity index (χ1) is 10.1. The number of aryl methyl sites for hydroxylation is 1. The van der Waals surface area contributed by atoms with Gasteiger partial charge in [-0.2, -0.15) is 0 Å². The Labute approximate surface area is 128 Å². The normalized spacial score (nSPS) is 10.1. The van der Waals surface area contributed by atoms with Gasteiger partial charge in [-0.25, -0.2) is 0 Å². The van der Waals surface area contributed by atoms with Crippen molar-refractivity contribution in [2.45, 2.75) is 19.4 Å². The molecule has 21 heavy (non-hydrogen) atoms. The summed E-state index contributed by atoms with van der Waals surface area (Å²) in [5.41, 5.74) is 1.96. The van der Waals surface area contributed by atoms with E-state index in [1.54, 1.807) is 12.1 Å². The van der Waals surface area contributed by atoms with E-state index >= 15 is 0 Å². The number of amides is 1. The average Bonchev–Trinajstić information content (AvgIpc) is 2.52. The Morgan fingerprint density at radius 1 is 0.905 bits per heavy atom. The largest absolute Gasteiger partial charge is 0.345 e. The highest BCUT2D eigenvalue weighted by Crippen LogP contribution is 2.09. The van der Waals surface area contributed by atoms with Gasteiger partial charge in [-0.15, -0.1) is 0 Å². The molecular formula is C17H16ClNO2. The van der Waals surface area contributed by atoms with Crippen molar-refractivity contribution < 1.29 is 9.59 Å². The summed E-state index contributed by atoms with van der Waals surface area (Å²) in [6.45, 7) is 0.326. The average molecular weight is 302 g/mol. The van der Waals surface area contributed by atoms with Crippen LogP contribution in [0.4, 0.5) is 0 Å². The van der Waals surface area contributed by atoms with Crippen molar-refractivity contribution in [2.75, 3.05) is 0 Å². The van der Waals surface area contributed by atoms with Crippen molar-refractivity contribution in [1.82, 2.24) is 5.32 Å². The third-order valence-electron chi connectivity index (χ3n) is 3.10. The van der Waals surface area contributed by atoms with Gasteiger partial charge in [-0.3, -0.25) is 9.59 Å². The van der Waals surface area contributed by atoms with Crippen LogP contribution in [0.5, 0.6) is 0 Å². The van der Waals surface area contributed by atoms with E-state index in [0.29, 0.717) is 18.0 Å². The van der Waals surface area contributed by atoms with E-state index in [1.165, 1.54) is 0 Å². The van der Waals surface area contributed by atoms with Gasteiger partial charge in [0, 0.05) is 18.0 Å². The Balaban J connectivity index is 1.77. The van der Waals surface area contributed by atoms with Gasteiger partial charge in [-0.1, -0.05) is 54.1 Å². The van der Waals surface area contributed by atoms with Crippen molar-refractivity contribution in [1.29, 1.82) is 0 Å². The number of halogens is 1. The molecule has 0 atom stereocenters. The van der Waals surface area contributed by atoms with Crippen molar-refractivity contribution in [3.63, 3.8) is 0 Å². The van der Waals surface area contributed by atoms with Gasteiger partial charge >= 0.3 is 0 Å². The maximum atomic E-state index is 11.8. The smallest absolute Gasteiger partial charge is 0.287 e. The van der Waals surface area contributed by atoms with Crippen LogP contribution in [0.2, 0.25) is 5.02 Å². The summed E-state index contributed by atoms with van der Waals surface area (Å²) in [5, 5.41) is 3.27. The fourth-order valence-electron chi connectivity index (χ4n) is 1.90. The van der Waals surface area contributed by atoms with E-state index in [4.69, 9.17) is 11.6 Å². The fraction of sp³-hybridized carbons (Fsp3) is 0.176. The summed E-state index contributed by atoms with van der Waals surface area (Å²) in [4.78, 5) is 23.5. The molecule has 4 heteroatoms. The Morgan fingerprint density at radius 3 is 2.24 bits per heavy atom. The SMILES string of the molecule is O=C(CCc1ccccc1)C(=O)NCc1ccc(Cl)cc1. The molecule has 2 aromatic rings. The van der Waals surface area contributed by atoms with Gasteiger partial charge < -0.3 is 5.32 Å². The van der Waals surface area contributed by atoms with Crippen LogP contribution < -0.4 is 5.32 Å². The van der Waals surface area contributed by atoms with Crippen LogP contribution in [0, 0.1) is 0 Å². The molecule has 2 rings (SSSR count). The number of hydrogen-bond acceptors (Lipinski definition) is 2. The number of hydrogen-bond donors (Lipinski definition) is 1. The lowest BCUT2D eigenvalue weighted by molar-refractivity contribution is -0.138. The summed E-state index contributed by atoms with van der Waals surface area (Å²) in [5.74, 6) is -0.936. The molecule has 1 amide bonds. The molecule has 2 aromatic carbocycles. The van der Waals surface area contributed by atoms with Gasteiger partial charge in [0.05, 0.1) is 0 Å². The lowest BCUT2D eigenvalue weighted by Gasteiger charge is -2.05. The second kappa shape index (κ2) is 7.60. The summed E-state index contributed by atoms with van der Waals surface area (Å²) >= 11 is 5.78. The van der Waals surface area contributed by atoms with Crippen LogP contribution in [0.25, 0.3) is 0 Å². The van der Waals surface area contributed by atoms with Crippen LogP contribution in [-0.2, 0) is 22.6 Å². The molecule has 0 aliphatic carbocycles. The van der Waals surface area contributed by atoms with Crippen LogP contribution in [-0.4, -0.2) is 11.7 Å². The highest BCUT2D eigenvalue weighted by atomic mass is 35.5. The summed E-state index contributed by atoms with van der Waals surface area (Å²) < 4.78 is 0. The van der Waals surface area contributed by atoms with E-state index in [0.717, 1.165) is 11.1 Å². The molecule has 0 saturated carbocycles. The third kappa shape index (κ3) is 5.04. The molecule has 3 nitrogen and oxygen atoms in total. The Morgan fingerprint density at radius 2 is 1.57 bits per heavy atom. The maximum Gasteiger partial charge on any atom is 0.287 e. The number of carbonyl (C=O) groups excluding carboxylic acids is 2. The molecule has 0 bridgehead atoms. The summed E-state index contributed by atoms with van der Waals surface area (Å²) in [6, 6.07) is 16.8. The van der Waals surface area contributed by atoms with Crippen molar-refractivity contribution in [3.05, 3.63) is 70.7 Å². The minimum Gasteiger partial charge on any atom is -0.345 e. The molecule has 0 unspecified atom stereocenters. The first-order valence-corrected chi connectivity index (χ1v) is 7.12. The van der Waals surface area contributed by atoms with Gasteiger partial charge in [0.2, 0.25) is 5.78 Å². The van der Waals surface area contributed by atoms with Gasteiger partial charge in [0.15, 0.2) is 0 Å². The zero-order valence-corrected chi connectivity index (χ0v) is 12.3. The molecular weight excluding hydrogens is 286 g/mol. The van der Waals surface area contributed by atoms with E-state index in [-0.39, 0.29) is 6.42 Å². The first kappa shape index (κ1) is 15.3. The van der Waals surface area contributed by atoms with Gasteiger partial charge in [-0.05, 0) is 29.7 Å². The van der Waals surface area contributed by atoms with E-state index < -0.39 is 11.7 Å². The molecule has 0 saturated heterocycles. The van der Waals surface area contributed by atoms with Crippen molar-refractivity contribution in [3.8, 4) is 0 Å². The fourth-order valence-corrected chi connectivity index (χ4v) is 2.03. The standard InChI is InChI=1S/C17H16ClNO2/c18-15-9-6-14(7-10-15)12-19-17(21)16(20)11-8-13-4-2-1-3-5-13/h1-7,9-10H,8,11-12H2,(H,19,21). The predicted octanol–water partition coefficient (Wildman–Crippen LogP) is 3.16. The Bertz CT molecular complexity index is 608. The molecule has 0 aliphatic heterocycles. The third-order valence-corrected chi connectivity index (χ3v) is 3.36. The Hall–Kier alpha value is -2.13. The van der Waals surface area contributed by atoms with E-state index in [9.17, 15) is 9.59 Å². The topological polar surface area (TPSA) is 46.2 Å². The molecule has 0 aromatic heterocycles. The minimum atomic E-state index is -0.541. The van der Waals surface area contributed by atoms with Crippen molar-refractivity contribution >= 4 is 23.3 Å². The number of carbonyl (C=O) groups is 2. The van der Waals surface area contributed by atoms with Crippen LogP contribution in [0.1, 0.15) is 17.5 Å². The van der Waals surface area contributed by atoms with Crippen molar-refractivity contribution in [2.24, 2.45) is 0 Å². The maximum absolute atomic E-state index is 11.8. The molecule has 0 heterocycles. The van der Waals surface area contributed by atoms with Crippen LogP contribution >= 0.6 is 11.6 Å². The van der Waals surface area contributed by atoms with E-state index in [2.05, 4.69) is 5.32 Å². The number of nitrogens with one attached hydrogen (secondary N) is 1. The molecule has 108 valence electrons. The molecule has 0 radical (unpaired) electrons. The van der Waals surface area contributed by atoms with E-state index in [1.807, 2.05) is 42.5 Å². The molecule has 0 spiro atoms. The lowest BCUT2D eigenvalue weighted by atomic mass is 10.1. The quantitative estimate of drug-likeness (QED) is 0.833. The van der Waals surface area contributed by atoms with Crippen LogP contribution in [0.15, 0.2) is 54.6 Å². The predicted molar refractivity (Wildman–Crippen MR) is 83.1 cm³/mol. The molecule has 0 aliphatic rings. The molecule has 1 N–H and O–H groups in total. The minimum absolute atomic E-state index is 0.219. The lowest BCUT2D eigenvalue weighted by Crippen LogP contribution is -2.30. The number of ketones is 1. The second-order valence-corrected chi connectivity index (χ2v) is 5.15. The molecule has 0 fully saturated rings. The number of Topliss-reactive ketones (excluding diaryl/α,β-unsaturated/α-hetero) is 1. The summed E-state index contributed by atoms with van der Waals surface area (Å²) in [6.07, 6.45) is 0.796. The number of benzene rings is 2. The zero-order valence-electron chi connectivity index (χ0n) is 11.5. The number of rotatable bonds is 6. The highest BCUT2D eigenvalue weighted by Gasteiger charge is 2.12. The summed E-state index contributed by atoms with van der Waals surface area (Å²) in [7, 11) is 0. The van der Waals surface area contributed by atoms with Gasteiger partial charge in [0.25, 0.3) is 5.91 Å². The Kier molecular flexibility index (Phi) is 5.52. The second-order valence-electron chi connectivity index (χ2n) is 4.72. The first-order valence-electron chi connectivity index (χ1n) is 6.74. The monoisotopic (exact) mass is 301 g/mol. The van der Waals surface area contributed by atoms with Crippen LogP contribution in [0.3, 0.4) is 0 Å². The van der Waals surface area contributed by atoms with Gasteiger partial charge in [0.1, 0.15) is 0 Å².